The molecule has 5 nitrogen and oxygen atoms in total. The summed E-state index contributed by atoms with van der Waals surface area (Å²) < 4.78 is 0. The van der Waals surface area contributed by atoms with Crippen LogP contribution in [0.1, 0.15) is 22.8 Å². The van der Waals surface area contributed by atoms with E-state index in [9.17, 15) is 9.59 Å². The Balaban J connectivity index is 2.31. The number of rotatable bonds is 2. The fourth-order valence-corrected chi connectivity index (χ4v) is 3.23. The second-order valence-corrected chi connectivity index (χ2v) is 5.92. The van der Waals surface area contributed by atoms with Gasteiger partial charge in [0.2, 0.25) is 0 Å². The van der Waals surface area contributed by atoms with Crippen LogP contribution in [0.25, 0.3) is 0 Å². The molecule has 2 unspecified atom stereocenters. The number of thioether (sulfide) groups is 1. The van der Waals surface area contributed by atoms with Crippen LogP contribution >= 0.6 is 11.8 Å². The smallest absolute Gasteiger partial charge is 0.327 e. The van der Waals surface area contributed by atoms with Crippen LogP contribution in [0.3, 0.4) is 0 Å². The van der Waals surface area contributed by atoms with Crippen molar-refractivity contribution in [1.82, 2.24) is 4.90 Å². The molecule has 0 saturated carbocycles. The summed E-state index contributed by atoms with van der Waals surface area (Å²) in [5, 5.41) is 9.02. The number of hydrogen-bond donors (Lipinski definition) is 2. The third kappa shape index (κ3) is 2.53. The first-order chi connectivity index (χ1) is 8.91. The van der Waals surface area contributed by atoms with E-state index in [0.717, 1.165) is 5.56 Å². The van der Waals surface area contributed by atoms with E-state index in [1.165, 1.54) is 16.7 Å². The standard InChI is InChI=1S/C13H16N2O3S/c1-7-3-4-9(5-10(7)14)12(16)15-8(2)19-6-11(15)13(17)18/h3-5,8,11H,6,14H2,1-2H3,(H,17,18). The zero-order valence-corrected chi connectivity index (χ0v) is 11.6. The molecule has 0 aromatic heterocycles. The molecule has 19 heavy (non-hydrogen) atoms. The average molecular weight is 280 g/mol. The summed E-state index contributed by atoms with van der Waals surface area (Å²) in [4.78, 5) is 25.0. The van der Waals surface area contributed by atoms with Gasteiger partial charge in [0.05, 0.1) is 5.37 Å². The Labute approximate surface area is 115 Å². The average Bonchev–Trinajstić information content (AvgIpc) is 2.74. The van der Waals surface area contributed by atoms with E-state index in [2.05, 4.69) is 0 Å². The second kappa shape index (κ2) is 5.13. The van der Waals surface area contributed by atoms with Crippen molar-refractivity contribution >= 4 is 29.3 Å². The summed E-state index contributed by atoms with van der Waals surface area (Å²) in [5.41, 5.74) is 7.67. The number of hydrogen-bond acceptors (Lipinski definition) is 4. The van der Waals surface area contributed by atoms with Crippen LogP contribution in [0.4, 0.5) is 5.69 Å². The van der Waals surface area contributed by atoms with Gasteiger partial charge in [-0.25, -0.2) is 4.79 Å². The van der Waals surface area contributed by atoms with Crippen molar-refractivity contribution in [2.45, 2.75) is 25.3 Å². The number of benzene rings is 1. The van der Waals surface area contributed by atoms with Gasteiger partial charge in [-0.15, -0.1) is 11.8 Å². The first kappa shape index (κ1) is 13.7. The number of carboxylic acid groups (broad SMARTS) is 1. The van der Waals surface area contributed by atoms with Crippen LogP contribution in [0.2, 0.25) is 0 Å². The van der Waals surface area contributed by atoms with Crippen molar-refractivity contribution < 1.29 is 14.7 Å². The van der Waals surface area contributed by atoms with Gasteiger partial charge in [0.25, 0.3) is 5.91 Å². The Morgan fingerprint density at radius 3 is 2.74 bits per heavy atom. The molecule has 0 aliphatic carbocycles. The lowest BCUT2D eigenvalue weighted by Crippen LogP contribution is -2.44. The second-order valence-electron chi connectivity index (χ2n) is 4.57. The van der Waals surface area contributed by atoms with E-state index in [0.29, 0.717) is 17.0 Å². The molecule has 1 aromatic carbocycles. The molecule has 0 radical (unpaired) electrons. The predicted molar refractivity (Wildman–Crippen MR) is 75.1 cm³/mol. The SMILES string of the molecule is Cc1ccc(C(=O)N2C(C)SCC2C(=O)O)cc1N. The van der Waals surface area contributed by atoms with Gasteiger partial charge in [-0.05, 0) is 31.5 Å². The monoisotopic (exact) mass is 280 g/mol. The van der Waals surface area contributed by atoms with Gasteiger partial charge >= 0.3 is 5.97 Å². The van der Waals surface area contributed by atoms with Crippen molar-refractivity contribution in [2.24, 2.45) is 0 Å². The summed E-state index contributed by atoms with van der Waals surface area (Å²) in [6.45, 7) is 3.70. The van der Waals surface area contributed by atoms with Gasteiger partial charge in [-0.2, -0.15) is 0 Å². The van der Waals surface area contributed by atoms with Crippen molar-refractivity contribution in [3.8, 4) is 0 Å². The highest BCUT2D eigenvalue weighted by Crippen LogP contribution is 2.30. The van der Waals surface area contributed by atoms with E-state index in [1.807, 2.05) is 13.8 Å². The fourth-order valence-electron chi connectivity index (χ4n) is 2.06. The van der Waals surface area contributed by atoms with Gasteiger partial charge in [-0.3, -0.25) is 4.79 Å². The van der Waals surface area contributed by atoms with Crippen LogP contribution in [-0.2, 0) is 4.79 Å². The Kier molecular flexibility index (Phi) is 3.71. The van der Waals surface area contributed by atoms with Gasteiger partial charge in [0, 0.05) is 17.0 Å². The lowest BCUT2D eigenvalue weighted by Gasteiger charge is -2.25. The van der Waals surface area contributed by atoms with Gasteiger partial charge in [0.1, 0.15) is 6.04 Å². The van der Waals surface area contributed by atoms with E-state index in [4.69, 9.17) is 10.8 Å². The van der Waals surface area contributed by atoms with Gasteiger partial charge in [-0.1, -0.05) is 6.07 Å². The molecule has 1 saturated heterocycles. The lowest BCUT2D eigenvalue weighted by molar-refractivity contribution is -0.141. The van der Waals surface area contributed by atoms with Gasteiger partial charge in [0.15, 0.2) is 0 Å². The van der Waals surface area contributed by atoms with Crippen molar-refractivity contribution in [1.29, 1.82) is 0 Å². The number of aryl methyl sites for hydroxylation is 1. The van der Waals surface area contributed by atoms with Crippen molar-refractivity contribution in [3.05, 3.63) is 29.3 Å². The highest BCUT2D eigenvalue weighted by molar-refractivity contribution is 8.00. The highest BCUT2D eigenvalue weighted by Gasteiger charge is 2.39. The van der Waals surface area contributed by atoms with E-state index < -0.39 is 12.0 Å². The minimum atomic E-state index is -0.967. The molecular weight excluding hydrogens is 264 g/mol. The number of carbonyl (C=O) groups excluding carboxylic acids is 1. The molecule has 1 heterocycles. The maximum absolute atomic E-state index is 12.4. The molecule has 1 aromatic rings. The van der Waals surface area contributed by atoms with E-state index in [1.54, 1.807) is 18.2 Å². The number of amides is 1. The lowest BCUT2D eigenvalue weighted by atomic mass is 10.1. The van der Waals surface area contributed by atoms with Crippen molar-refractivity contribution in [3.63, 3.8) is 0 Å². The minimum Gasteiger partial charge on any atom is -0.480 e. The number of nitrogen functional groups attached to an aromatic ring is 1. The molecule has 2 atom stereocenters. The molecule has 6 heteroatoms. The summed E-state index contributed by atoms with van der Waals surface area (Å²) in [6, 6.07) is 4.29. The third-order valence-corrected chi connectivity index (χ3v) is 4.49. The Hall–Kier alpha value is -1.69. The van der Waals surface area contributed by atoms with Crippen molar-refractivity contribution in [2.75, 3.05) is 11.5 Å². The molecule has 1 aliphatic rings. The van der Waals surface area contributed by atoms with Crippen LogP contribution < -0.4 is 5.73 Å². The molecule has 0 bridgehead atoms. The van der Waals surface area contributed by atoms with Crippen LogP contribution in [-0.4, -0.2) is 39.1 Å². The Morgan fingerprint density at radius 1 is 1.47 bits per heavy atom. The summed E-state index contributed by atoms with van der Waals surface area (Å²) in [5.74, 6) is -0.828. The first-order valence-corrected chi connectivity index (χ1v) is 7.00. The largest absolute Gasteiger partial charge is 0.480 e. The number of anilines is 1. The predicted octanol–water partition coefficient (Wildman–Crippen LogP) is 1.57. The molecule has 1 amide bonds. The molecule has 1 fully saturated rings. The fraction of sp³-hybridized carbons (Fsp3) is 0.385. The van der Waals surface area contributed by atoms with E-state index >= 15 is 0 Å². The van der Waals surface area contributed by atoms with Gasteiger partial charge < -0.3 is 15.7 Å². The maximum Gasteiger partial charge on any atom is 0.327 e. The maximum atomic E-state index is 12.4. The zero-order valence-electron chi connectivity index (χ0n) is 10.8. The Bertz CT molecular complexity index is 533. The highest BCUT2D eigenvalue weighted by atomic mass is 32.2. The Morgan fingerprint density at radius 2 is 2.16 bits per heavy atom. The third-order valence-electron chi connectivity index (χ3n) is 3.27. The zero-order chi connectivity index (χ0) is 14.2. The summed E-state index contributed by atoms with van der Waals surface area (Å²) in [6.07, 6.45) is 0. The number of nitrogens with zero attached hydrogens (tertiary/aromatic N) is 1. The summed E-state index contributed by atoms with van der Waals surface area (Å²) >= 11 is 1.47. The number of aliphatic carboxylic acids is 1. The molecule has 102 valence electrons. The number of carboxylic acids is 1. The van der Waals surface area contributed by atoms with Crippen LogP contribution in [0.15, 0.2) is 18.2 Å². The first-order valence-electron chi connectivity index (χ1n) is 5.95. The summed E-state index contributed by atoms with van der Waals surface area (Å²) in [7, 11) is 0. The molecule has 2 rings (SSSR count). The normalized spacial score (nSPS) is 22.5. The quantitative estimate of drug-likeness (QED) is 0.803. The van der Waals surface area contributed by atoms with Crippen LogP contribution in [0, 0.1) is 6.92 Å². The molecular formula is C13H16N2O3S. The van der Waals surface area contributed by atoms with Crippen LogP contribution in [0.5, 0.6) is 0 Å². The molecule has 0 spiro atoms. The number of nitrogens with two attached hydrogens (primary N) is 1. The number of carbonyl (C=O) groups is 2. The van der Waals surface area contributed by atoms with E-state index in [-0.39, 0.29) is 11.3 Å². The topological polar surface area (TPSA) is 83.6 Å². The molecule has 1 aliphatic heterocycles. The molecule has 3 N–H and O–H groups in total. The minimum absolute atomic E-state index is 0.142.